The molecule has 4 N–H and O–H groups in total. The Morgan fingerprint density at radius 2 is 1.70 bits per heavy atom. The van der Waals surface area contributed by atoms with Gasteiger partial charge in [0.25, 0.3) is 0 Å². The van der Waals surface area contributed by atoms with Gasteiger partial charge in [0, 0.05) is 33.5 Å². The van der Waals surface area contributed by atoms with Gasteiger partial charge in [0.2, 0.25) is 5.91 Å². The number of hydrogen-bond donors (Lipinski definition) is 3. The van der Waals surface area contributed by atoms with Crippen molar-refractivity contribution in [3.63, 3.8) is 0 Å². The summed E-state index contributed by atoms with van der Waals surface area (Å²) in [7, 11) is 0. The Balaban J connectivity index is 1.80. The summed E-state index contributed by atoms with van der Waals surface area (Å²) in [5.74, 6) is 0.565. The van der Waals surface area contributed by atoms with E-state index in [1.807, 2.05) is 24.3 Å². The van der Waals surface area contributed by atoms with E-state index in [2.05, 4.69) is 10.6 Å². The number of primary amides is 1. The highest BCUT2D eigenvalue weighted by molar-refractivity contribution is 7.99. The van der Waals surface area contributed by atoms with Gasteiger partial charge in [-0.1, -0.05) is 17.7 Å². The molecule has 2 rings (SSSR count). The number of urea groups is 1. The first-order valence-electron chi connectivity index (χ1n) is 6.87. The van der Waals surface area contributed by atoms with Crippen molar-refractivity contribution in [2.75, 3.05) is 16.4 Å². The summed E-state index contributed by atoms with van der Waals surface area (Å²) < 4.78 is 0. The Kier molecular flexibility index (Phi) is 6.31. The van der Waals surface area contributed by atoms with Crippen LogP contribution >= 0.6 is 23.4 Å². The second-order valence-electron chi connectivity index (χ2n) is 4.67. The molecule has 0 aliphatic heterocycles. The fourth-order valence-corrected chi connectivity index (χ4v) is 2.81. The molecule has 0 saturated carbocycles. The van der Waals surface area contributed by atoms with Gasteiger partial charge in [-0.15, -0.1) is 11.8 Å². The molecule has 0 fully saturated rings. The first-order chi connectivity index (χ1) is 11.0. The molecule has 0 radical (unpaired) electrons. The summed E-state index contributed by atoms with van der Waals surface area (Å²) in [6, 6.07) is 13.6. The summed E-state index contributed by atoms with van der Waals surface area (Å²) in [6.45, 7) is 0. The lowest BCUT2D eigenvalue weighted by Gasteiger charge is -2.07. The second kappa shape index (κ2) is 8.45. The molecule has 0 bridgehead atoms. The molecule has 5 nitrogen and oxygen atoms in total. The Hall–Kier alpha value is -2.18. The number of amides is 3. The Bertz CT molecular complexity index is 692. The van der Waals surface area contributed by atoms with Crippen molar-refractivity contribution in [3.8, 4) is 0 Å². The molecule has 0 aliphatic carbocycles. The first-order valence-corrected chi connectivity index (χ1v) is 8.24. The van der Waals surface area contributed by atoms with Gasteiger partial charge in [0.05, 0.1) is 0 Å². The van der Waals surface area contributed by atoms with E-state index in [0.717, 1.165) is 4.90 Å². The Labute approximate surface area is 143 Å². The smallest absolute Gasteiger partial charge is 0.316 e. The van der Waals surface area contributed by atoms with E-state index in [0.29, 0.717) is 28.6 Å². The van der Waals surface area contributed by atoms with Gasteiger partial charge in [-0.2, -0.15) is 0 Å². The van der Waals surface area contributed by atoms with Crippen LogP contribution in [0.3, 0.4) is 0 Å². The predicted octanol–water partition coefficient (Wildman–Crippen LogP) is 3.95. The number of carbonyl (C=O) groups excluding carboxylic acids is 2. The third kappa shape index (κ3) is 6.22. The van der Waals surface area contributed by atoms with Crippen LogP contribution in [0.25, 0.3) is 0 Å². The van der Waals surface area contributed by atoms with Crippen molar-refractivity contribution < 1.29 is 9.59 Å². The SMILES string of the molecule is NC(=O)Nc1cccc(NC(=O)CCSc2ccc(Cl)cc2)c1. The highest BCUT2D eigenvalue weighted by Gasteiger charge is 2.04. The molecule has 2 aromatic rings. The highest BCUT2D eigenvalue weighted by atomic mass is 35.5. The molecule has 0 aromatic heterocycles. The largest absolute Gasteiger partial charge is 0.351 e. The summed E-state index contributed by atoms with van der Waals surface area (Å²) in [5.41, 5.74) is 6.20. The molecule has 0 atom stereocenters. The molecular formula is C16H16ClN3O2S. The van der Waals surface area contributed by atoms with Gasteiger partial charge < -0.3 is 16.4 Å². The molecule has 2 aromatic carbocycles. The van der Waals surface area contributed by atoms with E-state index in [9.17, 15) is 9.59 Å². The zero-order chi connectivity index (χ0) is 16.7. The van der Waals surface area contributed by atoms with Gasteiger partial charge in [0.15, 0.2) is 0 Å². The summed E-state index contributed by atoms with van der Waals surface area (Å²) >= 11 is 7.41. The number of rotatable bonds is 6. The molecule has 0 aliphatic rings. The van der Waals surface area contributed by atoms with Crippen LogP contribution in [0.15, 0.2) is 53.4 Å². The molecule has 0 saturated heterocycles. The number of nitrogens with one attached hydrogen (secondary N) is 2. The zero-order valence-corrected chi connectivity index (χ0v) is 13.8. The third-order valence-corrected chi connectivity index (χ3v) is 4.09. The number of carbonyl (C=O) groups is 2. The zero-order valence-electron chi connectivity index (χ0n) is 12.2. The minimum absolute atomic E-state index is 0.0947. The van der Waals surface area contributed by atoms with Gasteiger partial charge in [-0.3, -0.25) is 4.79 Å². The van der Waals surface area contributed by atoms with E-state index in [4.69, 9.17) is 17.3 Å². The van der Waals surface area contributed by atoms with Crippen LogP contribution in [0, 0.1) is 0 Å². The fraction of sp³-hybridized carbons (Fsp3) is 0.125. The van der Waals surface area contributed by atoms with Gasteiger partial charge >= 0.3 is 6.03 Å². The second-order valence-corrected chi connectivity index (χ2v) is 6.28. The quantitative estimate of drug-likeness (QED) is 0.690. The van der Waals surface area contributed by atoms with Crippen LogP contribution < -0.4 is 16.4 Å². The van der Waals surface area contributed by atoms with E-state index in [1.165, 1.54) is 0 Å². The normalized spacial score (nSPS) is 10.1. The number of hydrogen-bond acceptors (Lipinski definition) is 3. The predicted molar refractivity (Wildman–Crippen MR) is 95.1 cm³/mol. The number of nitrogens with two attached hydrogens (primary N) is 1. The Morgan fingerprint density at radius 1 is 1.04 bits per heavy atom. The van der Waals surface area contributed by atoms with Crippen molar-refractivity contribution in [1.82, 2.24) is 0 Å². The fourth-order valence-electron chi connectivity index (χ4n) is 1.83. The minimum Gasteiger partial charge on any atom is -0.351 e. The standard InChI is InChI=1S/C16H16ClN3O2S/c17-11-4-6-14(7-5-11)23-9-8-15(21)19-12-2-1-3-13(10-12)20-16(18)22/h1-7,10H,8-9H2,(H,19,21)(H3,18,20,22). The van der Waals surface area contributed by atoms with Crippen LogP contribution in [0.2, 0.25) is 5.02 Å². The van der Waals surface area contributed by atoms with Crippen LogP contribution in [0.1, 0.15) is 6.42 Å². The molecule has 0 unspecified atom stereocenters. The maximum atomic E-state index is 11.9. The monoisotopic (exact) mass is 349 g/mol. The number of thioether (sulfide) groups is 1. The van der Waals surface area contributed by atoms with Crippen LogP contribution in [0.5, 0.6) is 0 Å². The molecule has 0 spiro atoms. The van der Waals surface area contributed by atoms with E-state index in [-0.39, 0.29) is 5.91 Å². The summed E-state index contributed by atoms with van der Waals surface area (Å²) in [5, 5.41) is 5.94. The van der Waals surface area contributed by atoms with Crippen LogP contribution in [0.4, 0.5) is 16.2 Å². The third-order valence-electron chi connectivity index (χ3n) is 2.83. The van der Waals surface area contributed by atoms with Crippen molar-refractivity contribution in [2.24, 2.45) is 5.73 Å². The maximum absolute atomic E-state index is 11.9. The van der Waals surface area contributed by atoms with E-state index < -0.39 is 6.03 Å². The van der Waals surface area contributed by atoms with Crippen molar-refractivity contribution in [2.45, 2.75) is 11.3 Å². The van der Waals surface area contributed by atoms with Crippen molar-refractivity contribution in [3.05, 3.63) is 53.6 Å². The van der Waals surface area contributed by atoms with Crippen molar-refractivity contribution >= 4 is 46.7 Å². The average Bonchev–Trinajstić information content (AvgIpc) is 2.49. The Morgan fingerprint density at radius 3 is 2.35 bits per heavy atom. The van der Waals surface area contributed by atoms with Gasteiger partial charge in [-0.05, 0) is 42.5 Å². The number of benzene rings is 2. The topological polar surface area (TPSA) is 84.2 Å². The average molecular weight is 350 g/mol. The molecule has 0 heterocycles. The minimum atomic E-state index is -0.646. The van der Waals surface area contributed by atoms with Gasteiger partial charge in [-0.25, -0.2) is 4.79 Å². The van der Waals surface area contributed by atoms with E-state index >= 15 is 0 Å². The van der Waals surface area contributed by atoms with Crippen LogP contribution in [-0.2, 0) is 4.79 Å². The van der Waals surface area contributed by atoms with Crippen LogP contribution in [-0.4, -0.2) is 17.7 Å². The molecule has 3 amide bonds. The number of anilines is 2. The molecule has 7 heteroatoms. The lowest BCUT2D eigenvalue weighted by Crippen LogP contribution is -2.19. The lowest BCUT2D eigenvalue weighted by molar-refractivity contribution is -0.115. The highest BCUT2D eigenvalue weighted by Crippen LogP contribution is 2.21. The van der Waals surface area contributed by atoms with Gasteiger partial charge in [0.1, 0.15) is 0 Å². The molecular weight excluding hydrogens is 334 g/mol. The van der Waals surface area contributed by atoms with E-state index in [1.54, 1.807) is 36.0 Å². The molecule has 120 valence electrons. The molecule has 23 heavy (non-hydrogen) atoms. The van der Waals surface area contributed by atoms with Crippen molar-refractivity contribution in [1.29, 1.82) is 0 Å². The lowest BCUT2D eigenvalue weighted by atomic mass is 10.2. The number of halogens is 1. The maximum Gasteiger partial charge on any atom is 0.316 e. The summed E-state index contributed by atoms with van der Waals surface area (Å²) in [4.78, 5) is 23.8. The summed E-state index contributed by atoms with van der Waals surface area (Å²) in [6.07, 6.45) is 0.376. The first kappa shape index (κ1) is 17.2.